The van der Waals surface area contributed by atoms with E-state index in [-0.39, 0.29) is 23.2 Å². The minimum atomic E-state index is -3.79. The summed E-state index contributed by atoms with van der Waals surface area (Å²) in [5.41, 5.74) is 3.40. The van der Waals surface area contributed by atoms with E-state index in [0.717, 1.165) is 35.8 Å². The van der Waals surface area contributed by atoms with E-state index in [0.29, 0.717) is 0 Å². The van der Waals surface area contributed by atoms with Crippen LogP contribution in [-0.4, -0.2) is 26.9 Å². The Hall–Kier alpha value is -3.91. The molecule has 2 N–H and O–H groups in total. The smallest absolute Gasteiger partial charge is 0.338 e. The molecule has 1 amide bonds. The summed E-state index contributed by atoms with van der Waals surface area (Å²) >= 11 is 0. The van der Waals surface area contributed by atoms with Gasteiger partial charge >= 0.3 is 5.97 Å². The van der Waals surface area contributed by atoms with E-state index in [1.54, 1.807) is 12.1 Å². The minimum absolute atomic E-state index is 0.104. The van der Waals surface area contributed by atoms with Crippen LogP contribution in [-0.2, 0) is 26.0 Å². The maximum absolute atomic E-state index is 12.5. The number of carbonyl (C=O) groups is 2. The first kappa shape index (κ1) is 24.2. The number of hydrogen-bond donors (Lipinski definition) is 2. The molecule has 4 rings (SSSR count). The van der Waals surface area contributed by atoms with Crippen LogP contribution in [0, 0.1) is 0 Å². The van der Waals surface area contributed by atoms with Gasteiger partial charge in [-0.05, 0) is 60.2 Å². The number of esters is 1. The lowest BCUT2D eigenvalue weighted by atomic mass is 9.88. The van der Waals surface area contributed by atoms with Crippen LogP contribution in [0.4, 0.5) is 5.69 Å². The zero-order valence-corrected chi connectivity index (χ0v) is 19.8. The quantitative estimate of drug-likeness (QED) is 0.454. The summed E-state index contributed by atoms with van der Waals surface area (Å²) in [7, 11) is -3.79. The zero-order chi connectivity index (χ0) is 24.7. The van der Waals surface area contributed by atoms with Crippen LogP contribution in [0.25, 0.3) is 6.08 Å². The predicted molar refractivity (Wildman–Crippen MR) is 135 cm³/mol. The van der Waals surface area contributed by atoms with Crippen molar-refractivity contribution in [1.29, 1.82) is 0 Å². The third kappa shape index (κ3) is 6.80. The van der Waals surface area contributed by atoms with Crippen molar-refractivity contribution in [3.8, 4) is 0 Å². The van der Waals surface area contributed by atoms with Crippen LogP contribution >= 0.6 is 0 Å². The summed E-state index contributed by atoms with van der Waals surface area (Å²) in [6.45, 7) is -0.423. The Kier molecular flexibility index (Phi) is 7.62. The molecule has 0 saturated heterocycles. The van der Waals surface area contributed by atoms with Crippen LogP contribution in [0.2, 0.25) is 0 Å². The normalized spacial score (nSPS) is 15.3. The maximum atomic E-state index is 12.5. The van der Waals surface area contributed by atoms with Gasteiger partial charge in [0.25, 0.3) is 15.9 Å². The van der Waals surface area contributed by atoms with Gasteiger partial charge in [-0.25, -0.2) is 13.2 Å². The number of hydrogen-bond acceptors (Lipinski definition) is 5. The first-order chi connectivity index (χ1) is 16.9. The summed E-state index contributed by atoms with van der Waals surface area (Å²) in [5.74, 6) is -1.10. The third-order valence-electron chi connectivity index (χ3n) is 5.64. The lowest BCUT2D eigenvalue weighted by molar-refractivity contribution is -0.125. The lowest BCUT2D eigenvalue weighted by Crippen LogP contribution is -2.34. The maximum Gasteiger partial charge on any atom is 0.338 e. The summed E-state index contributed by atoms with van der Waals surface area (Å²) in [6.07, 6.45) is 4.27. The van der Waals surface area contributed by atoms with Gasteiger partial charge in [0.15, 0.2) is 6.61 Å². The topological polar surface area (TPSA) is 102 Å². The number of aryl methyl sites for hydroxylation is 1. The fourth-order valence-electron chi connectivity index (χ4n) is 3.99. The number of carbonyl (C=O) groups excluding carboxylic acids is 2. The van der Waals surface area contributed by atoms with Gasteiger partial charge in [0.1, 0.15) is 0 Å². The molecule has 0 spiro atoms. The fraction of sp³-hybridized carbons (Fsp3) is 0.185. The molecule has 180 valence electrons. The molecule has 0 unspecified atom stereocenters. The summed E-state index contributed by atoms with van der Waals surface area (Å²) in [6, 6.07) is 22.8. The molecule has 0 aliphatic heterocycles. The number of sulfonamides is 1. The van der Waals surface area contributed by atoms with E-state index in [1.165, 1.54) is 35.9 Å². The van der Waals surface area contributed by atoms with Crippen molar-refractivity contribution >= 4 is 33.7 Å². The molecular weight excluding hydrogens is 464 g/mol. The van der Waals surface area contributed by atoms with Crippen molar-refractivity contribution in [2.45, 2.75) is 25.3 Å². The standard InChI is InChI=1S/C27H26N2O5S/c30-26(28-25-15-7-11-21-10-4-5-14-24(21)25)19-34-27(31)22-12-6-13-23(18-22)29-35(32,33)17-16-20-8-2-1-3-9-20/h1-6,8-10,12-14,16-18,25,29H,7,11,15,19H2,(H,28,30)/b17-16+/t25-/m0/s1. The van der Waals surface area contributed by atoms with Crippen molar-refractivity contribution in [3.63, 3.8) is 0 Å². The molecule has 1 aliphatic carbocycles. The van der Waals surface area contributed by atoms with Gasteiger partial charge in [0.05, 0.1) is 17.0 Å². The Morgan fingerprint density at radius 1 is 0.971 bits per heavy atom. The highest BCUT2D eigenvalue weighted by atomic mass is 32.2. The molecule has 0 aromatic heterocycles. The van der Waals surface area contributed by atoms with E-state index < -0.39 is 22.6 Å². The Balaban J connectivity index is 1.32. The van der Waals surface area contributed by atoms with Gasteiger partial charge in [-0.15, -0.1) is 0 Å². The van der Waals surface area contributed by atoms with Gasteiger partial charge in [-0.1, -0.05) is 60.7 Å². The molecule has 0 radical (unpaired) electrons. The Morgan fingerprint density at radius 2 is 1.74 bits per heavy atom. The van der Waals surface area contributed by atoms with Crippen molar-refractivity contribution in [2.24, 2.45) is 0 Å². The van der Waals surface area contributed by atoms with Crippen LogP contribution in [0.15, 0.2) is 84.3 Å². The lowest BCUT2D eigenvalue weighted by Gasteiger charge is -2.26. The van der Waals surface area contributed by atoms with E-state index in [1.807, 2.05) is 36.4 Å². The highest BCUT2D eigenvalue weighted by Crippen LogP contribution is 2.29. The molecule has 0 saturated carbocycles. The van der Waals surface area contributed by atoms with Crippen LogP contribution < -0.4 is 10.0 Å². The van der Waals surface area contributed by atoms with Gasteiger partial charge in [-0.2, -0.15) is 0 Å². The Labute approximate surface area is 204 Å². The number of anilines is 1. The number of benzene rings is 3. The molecule has 8 heteroatoms. The first-order valence-electron chi connectivity index (χ1n) is 11.3. The average molecular weight is 491 g/mol. The first-order valence-corrected chi connectivity index (χ1v) is 12.8. The SMILES string of the molecule is O=C(COC(=O)c1cccc(NS(=O)(=O)/C=C/c2ccccc2)c1)N[C@H]1CCCc2ccccc21. The van der Waals surface area contributed by atoms with Crippen molar-refractivity contribution in [1.82, 2.24) is 5.32 Å². The van der Waals surface area contributed by atoms with Crippen molar-refractivity contribution in [2.75, 3.05) is 11.3 Å². The third-order valence-corrected chi connectivity index (χ3v) is 6.65. The molecule has 1 atom stereocenters. The second kappa shape index (κ2) is 11.0. The molecule has 3 aromatic rings. The van der Waals surface area contributed by atoms with Gasteiger partial charge < -0.3 is 10.1 Å². The second-order valence-corrected chi connectivity index (χ2v) is 9.79. The summed E-state index contributed by atoms with van der Waals surface area (Å²) in [5, 5.41) is 3.99. The molecule has 0 bridgehead atoms. The van der Waals surface area contributed by atoms with Gasteiger partial charge in [0, 0.05) is 5.69 Å². The average Bonchev–Trinajstić information content (AvgIpc) is 2.87. The monoisotopic (exact) mass is 490 g/mol. The molecule has 0 heterocycles. The number of nitrogens with one attached hydrogen (secondary N) is 2. The highest BCUT2D eigenvalue weighted by molar-refractivity contribution is 7.95. The highest BCUT2D eigenvalue weighted by Gasteiger charge is 2.22. The molecule has 35 heavy (non-hydrogen) atoms. The van der Waals surface area contributed by atoms with E-state index in [9.17, 15) is 18.0 Å². The fourth-order valence-corrected chi connectivity index (χ4v) is 4.85. The second-order valence-electron chi connectivity index (χ2n) is 8.23. The van der Waals surface area contributed by atoms with E-state index in [2.05, 4.69) is 16.1 Å². The molecule has 0 fully saturated rings. The number of rotatable bonds is 8. The number of amides is 1. The molecule has 3 aromatic carbocycles. The number of fused-ring (bicyclic) bond motifs is 1. The van der Waals surface area contributed by atoms with E-state index >= 15 is 0 Å². The number of ether oxygens (including phenoxy) is 1. The summed E-state index contributed by atoms with van der Waals surface area (Å²) < 4.78 is 32.3. The largest absolute Gasteiger partial charge is 0.452 e. The predicted octanol–water partition coefficient (Wildman–Crippen LogP) is 4.45. The Bertz CT molecular complexity index is 1340. The molecule has 1 aliphatic rings. The van der Waals surface area contributed by atoms with Crippen LogP contribution in [0.5, 0.6) is 0 Å². The summed E-state index contributed by atoms with van der Waals surface area (Å²) in [4.78, 5) is 24.9. The molecular formula is C27H26N2O5S. The van der Waals surface area contributed by atoms with Crippen LogP contribution in [0.1, 0.15) is 45.9 Å². The zero-order valence-electron chi connectivity index (χ0n) is 19.0. The van der Waals surface area contributed by atoms with Gasteiger partial charge in [0.2, 0.25) is 0 Å². The minimum Gasteiger partial charge on any atom is -0.452 e. The van der Waals surface area contributed by atoms with E-state index in [4.69, 9.17) is 4.74 Å². The van der Waals surface area contributed by atoms with Crippen molar-refractivity contribution < 1.29 is 22.7 Å². The van der Waals surface area contributed by atoms with Crippen LogP contribution in [0.3, 0.4) is 0 Å². The Morgan fingerprint density at radius 3 is 2.57 bits per heavy atom. The molecule has 7 nitrogen and oxygen atoms in total. The van der Waals surface area contributed by atoms with Gasteiger partial charge in [-0.3, -0.25) is 9.52 Å². The van der Waals surface area contributed by atoms with Crippen molar-refractivity contribution in [3.05, 3.63) is 107 Å².